The fourth-order valence-corrected chi connectivity index (χ4v) is 3.44. The second-order valence-electron chi connectivity index (χ2n) is 6.47. The van der Waals surface area contributed by atoms with E-state index in [9.17, 15) is 9.18 Å². The summed E-state index contributed by atoms with van der Waals surface area (Å²) < 4.78 is 18.7. The first-order valence-electron chi connectivity index (χ1n) is 8.79. The lowest BCUT2D eigenvalue weighted by Gasteiger charge is -2.25. The molecule has 0 N–H and O–H groups in total. The van der Waals surface area contributed by atoms with E-state index in [0.29, 0.717) is 23.1 Å². The van der Waals surface area contributed by atoms with E-state index in [-0.39, 0.29) is 17.8 Å². The highest BCUT2D eigenvalue weighted by molar-refractivity contribution is 6.35. The summed E-state index contributed by atoms with van der Waals surface area (Å²) in [5.41, 5.74) is 1.58. The summed E-state index contributed by atoms with van der Waals surface area (Å²) in [7, 11) is 0. The minimum absolute atomic E-state index is 0.0271. The molecule has 0 aliphatic carbocycles. The maximum atomic E-state index is 13.0. The minimum Gasteiger partial charge on any atom is -0.376 e. The Balaban J connectivity index is 1.75. The van der Waals surface area contributed by atoms with Gasteiger partial charge in [0, 0.05) is 35.8 Å². The SMILES string of the molecule is O=C(/C=C/c1ccc(F)cc1)N(Cc1ccc(Cl)cc1Cl)C[C@@H]1CCCO1. The molecule has 0 radical (unpaired) electrons. The van der Waals surface area contributed by atoms with Crippen LogP contribution in [0.5, 0.6) is 0 Å². The van der Waals surface area contributed by atoms with Crippen LogP contribution in [0.2, 0.25) is 10.0 Å². The van der Waals surface area contributed by atoms with Gasteiger partial charge in [-0.2, -0.15) is 0 Å². The Hall–Kier alpha value is -1.88. The molecule has 1 aliphatic rings. The van der Waals surface area contributed by atoms with E-state index in [0.717, 1.165) is 30.6 Å². The summed E-state index contributed by atoms with van der Waals surface area (Å²) in [6.07, 6.45) is 5.12. The van der Waals surface area contributed by atoms with Gasteiger partial charge in [-0.1, -0.05) is 41.4 Å². The van der Waals surface area contributed by atoms with E-state index in [1.807, 2.05) is 6.07 Å². The first-order valence-corrected chi connectivity index (χ1v) is 9.55. The molecule has 1 heterocycles. The van der Waals surface area contributed by atoms with E-state index >= 15 is 0 Å². The highest BCUT2D eigenvalue weighted by atomic mass is 35.5. The van der Waals surface area contributed by atoms with Crippen LogP contribution in [0, 0.1) is 5.82 Å². The van der Waals surface area contributed by atoms with Crippen LogP contribution in [0.3, 0.4) is 0 Å². The van der Waals surface area contributed by atoms with Gasteiger partial charge in [-0.25, -0.2) is 4.39 Å². The molecule has 0 aromatic heterocycles. The molecule has 1 amide bonds. The zero-order valence-electron chi connectivity index (χ0n) is 14.7. The number of benzene rings is 2. The van der Waals surface area contributed by atoms with Gasteiger partial charge in [-0.05, 0) is 54.3 Å². The Labute approximate surface area is 168 Å². The zero-order valence-corrected chi connectivity index (χ0v) is 16.2. The number of ether oxygens (including phenoxy) is 1. The second-order valence-corrected chi connectivity index (χ2v) is 7.32. The highest BCUT2D eigenvalue weighted by Gasteiger charge is 2.22. The topological polar surface area (TPSA) is 29.5 Å². The molecular weight excluding hydrogens is 388 g/mol. The molecule has 0 bridgehead atoms. The number of hydrogen-bond acceptors (Lipinski definition) is 2. The van der Waals surface area contributed by atoms with Gasteiger partial charge in [0.15, 0.2) is 0 Å². The van der Waals surface area contributed by atoms with Gasteiger partial charge in [-0.3, -0.25) is 4.79 Å². The van der Waals surface area contributed by atoms with Gasteiger partial charge in [-0.15, -0.1) is 0 Å². The maximum Gasteiger partial charge on any atom is 0.246 e. The zero-order chi connectivity index (χ0) is 19.2. The summed E-state index contributed by atoms with van der Waals surface area (Å²) >= 11 is 12.2. The van der Waals surface area contributed by atoms with E-state index in [1.54, 1.807) is 35.2 Å². The van der Waals surface area contributed by atoms with Crippen molar-refractivity contribution in [1.82, 2.24) is 4.90 Å². The summed E-state index contributed by atoms with van der Waals surface area (Å²) in [6, 6.07) is 11.2. The summed E-state index contributed by atoms with van der Waals surface area (Å²) in [4.78, 5) is 14.5. The fourth-order valence-electron chi connectivity index (χ4n) is 2.97. The number of hydrogen-bond donors (Lipinski definition) is 0. The Bertz CT molecular complexity index is 817. The lowest BCUT2D eigenvalue weighted by molar-refractivity contribution is -0.128. The third-order valence-corrected chi connectivity index (χ3v) is 5.01. The second kappa shape index (κ2) is 9.36. The normalized spacial score (nSPS) is 16.8. The highest BCUT2D eigenvalue weighted by Crippen LogP contribution is 2.23. The van der Waals surface area contributed by atoms with Crippen LogP contribution >= 0.6 is 23.2 Å². The number of halogens is 3. The van der Waals surface area contributed by atoms with Crippen LogP contribution in [-0.2, 0) is 16.1 Å². The third-order valence-electron chi connectivity index (χ3n) is 4.42. The average Bonchev–Trinajstić information content (AvgIpc) is 3.15. The molecular formula is C21H20Cl2FNO2. The molecule has 27 heavy (non-hydrogen) atoms. The smallest absolute Gasteiger partial charge is 0.246 e. The number of rotatable bonds is 6. The number of carbonyl (C=O) groups excluding carboxylic acids is 1. The van der Waals surface area contributed by atoms with Crippen molar-refractivity contribution in [2.24, 2.45) is 0 Å². The van der Waals surface area contributed by atoms with Crippen molar-refractivity contribution >= 4 is 35.2 Å². The van der Waals surface area contributed by atoms with E-state index in [2.05, 4.69) is 0 Å². The van der Waals surface area contributed by atoms with Gasteiger partial charge < -0.3 is 9.64 Å². The van der Waals surface area contributed by atoms with Gasteiger partial charge in [0.1, 0.15) is 5.82 Å². The van der Waals surface area contributed by atoms with Crippen molar-refractivity contribution in [1.29, 1.82) is 0 Å². The van der Waals surface area contributed by atoms with Crippen LogP contribution in [0.25, 0.3) is 6.08 Å². The van der Waals surface area contributed by atoms with Crippen LogP contribution in [0.1, 0.15) is 24.0 Å². The molecule has 1 atom stereocenters. The van der Waals surface area contributed by atoms with Gasteiger partial charge in [0.25, 0.3) is 0 Å². The maximum absolute atomic E-state index is 13.0. The molecule has 2 aromatic carbocycles. The Morgan fingerprint density at radius 1 is 1.22 bits per heavy atom. The molecule has 0 spiro atoms. The van der Waals surface area contributed by atoms with Crippen LogP contribution in [-0.4, -0.2) is 30.1 Å². The van der Waals surface area contributed by atoms with Crippen molar-refractivity contribution in [2.75, 3.05) is 13.2 Å². The Morgan fingerprint density at radius 2 is 2.00 bits per heavy atom. The van der Waals surface area contributed by atoms with E-state index in [1.165, 1.54) is 18.2 Å². The molecule has 1 fully saturated rings. The summed E-state index contributed by atoms with van der Waals surface area (Å²) in [5, 5.41) is 1.08. The monoisotopic (exact) mass is 407 g/mol. The molecule has 1 aliphatic heterocycles. The number of carbonyl (C=O) groups is 1. The number of amides is 1. The largest absolute Gasteiger partial charge is 0.376 e. The van der Waals surface area contributed by atoms with E-state index in [4.69, 9.17) is 27.9 Å². The summed E-state index contributed by atoms with van der Waals surface area (Å²) in [6.45, 7) is 1.58. The van der Waals surface area contributed by atoms with Gasteiger partial charge >= 0.3 is 0 Å². The molecule has 6 heteroatoms. The standard InChI is InChI=1S/C21H20Cl2FNO2/c22-17-7-6-16(20(23)12-17)13-25(14-19-2-1-11-27-19)21(26)10-5-15-3-8-18(24)9-4-15/h3-10,12,19H,1-2,11,13-14H2/b10-5+/t19-/m0/s1. The molecule has 3 nitrogen and oxygen atoms in total. The minimum atomic E-state index is -0.309. The lowest BCUT2D eigenvalue weighted by Crippen LogP contribution is -2.36. The quantitative estimate of drug-likeness (QED) is 0.603. The Morgan fingerprint density at radius 3 is 2.67 bits per heavy atom. The van der Waals surface area contributed by atoms with E-state index < -0.39 is 0 Å². The van der Waals surface area contributed by atoms with Crippen LogP contribution < -0.4 is 0 Å². The summed E-state index contributed by atoms with van der Waals surface area (Å²) in [5.74, 6) is -0.461. The fraction of sp³-hybridized carbons (Fsp3) is 0.286. The average molecular weight is 408 g/mol. The van der Waals surface area contributed by atoms with Crippen molar-refractivity contribution in [2.45, 2.75) is 25.5 Å². The van der Waals surface area contributed by atoms with Gasteiger partial charge in [0.2, 0.25) is 5.91 Å². The molecule has 142 valence electrons. The molecule has 0 unspecified atom stereocenters. The van der Waals surface area contributed by atoms with Crippen molar-refractivity contribution in [3.05, 3.63) is 75.5 Å². The molecule has 0 saturated carbocycles. The first-order chi connectivity index (χ1) is 13.0. The molecule has 1 saturated heterocycles. The van der Waals surface area contributed by atoms with Crippen LogP contribution in [0.4, 0.5) is 4.39 Å². The predicted octanol–water partition coefficient (Wildman–Crippen LogP) is 5.35. The van der Waals surface area contributed by atoms with Crippen LogP contribution in [0.15, 0.2) is 48.5 Å². The van der Waals surface area contributed by atoms with Crippen molar-refractivity contribution in [3.63, 3.8) is 0 Å². The lowest BCUT2D eigenvalue weighted by atomic mass is 10.1. The first kappa shape index (κ1) is 19.9. The van der Waals surface area contributed by atoms with Crippen molar-refractivity contribution < 1.29 is 13.9 Å². The Kier molecular flexibility index (Phi) is 6.89. The predicted molar refractivity (Wildman–Crippen MR) is 106 cm³/mol. The van der Waals surface area contributed by atoms with Crippen molar-refractivity contribution in [3.8, 4) is 0 Å². The molecule has 2 aromatic rings. The number of nitrogens with zero attached hydrogens (tertiary/aromatic N) is 1. The molecule has 3 rings (SSSR count). The third kappa shape index (κ3) is 5.80. The van der Waals surface area contributed by atoms with Gasteiger partial charge in [0.05, 0.1) is 6.10 Å².